The Morgan fingerprint density at radius 1 is 1.00 bits per heavy atom. The number of thiocarbonyl (C=S) groups is 1. The van der Waals surface area contributed by atoms with Crippen LogP contribution >= 0.6 is 23.8 Å². The first-order chi connectivity index (χ1) is 16.4. The average Bonchev–Trinajstić information content (AvgIpc) is 3.29. The van der Waals surface area contributed by atoms with Gasteiger partial charge in [-0.1, -0.05) is 47.1 Å². The Labute approximate surface area is 204 Å². The van der Waals surface area contributed by atoms with Crippen LogP contribution < -0.4 is 10.2 Å². The fourth-order valence-electron chi connectivity index (χ4n) is 3.93. The van der Waals surface area contributed by atoms with E-state index in [4.69, 9.17) is 28.3 Å². The van der Waals surface area contributed by atoms with E-state index in [0.29, 0.717) is 21.3 Å². The van der Waals surface area contributed by atoms with Crippen molar-refractivity contribution in [1.29, 1.82) is 0 Å². The van der Waals surface area contributed by atoms with E-state index in [2.05, 4.69) is 15.5 Å². The molecule has 34 heavy (non-hydrogen) atoms. The van der Waals surface area contributed by atoms with Gasteiger partial charge in [-0.15, -0.1) is 0 Å². The van der Waals surface area contributed by atoms with Crippen molar-refractivity contribution in [2.75, 3.05) is 4.90 Å². The minimum atomic E-state index is -0.482. The lowest BCUT2D eigenvalue weighted by atomic mass is 9.94. The van der Waals surface area contributed by atoms with Gasteiger partial charge in [0.2, 0.25) is 5.82 Å². The molecule has 4 aromatic rings. The Hall–Kier alpha value is -3.62. The molecule has 1 aliphatic heterocycles. The number of aromatic nitrogens is 2. The second-order valence-electron chi connectivity index (χ2n) is 7.68. The summed E-state index contributed by atoms with van der Waals surface area (Å²) in [7, 11) is 0. The largest absolute Gasteiger partial charge is 0.351 e. The summed E-state index contributed by atoms with van der Waals surface area (Å²) < 4.78 is 33.0. The number of hydrogen-bond donors (Lipinski definition) is 1. The van der Waals surface area contributed by atoms with E-state index in [-0.39, 0.29) is 17.5 Å². The third-order valence-corrected chi connectivity index (χ3v) is 6.03. The molecule has 0 fully saturated rings. The monoisotopic (exact) mass is 494 g/mol. The highest BCUT2D eigenvalue weighted by Gasteiger charge is 2.34. The van der Waals surface area contributed by atoms with Crippen LogP contribution in [0.2, 0.25) is 5.02 Å². The molecule has 1 unspecified atom stereocenters. The highest BCUT2D eigenvalue weighted by Crippen LogP contribution is 2.39. The Morgan fingerprint density at radius 3 is 2.50 bits per heavy atom. The molecule has 3 aromatic carbocycles. The molecule has 0 aliphatic carbocycles. The van der Waals surface area contributed by atoms with E-state index in [1.807, 2.05) is 24.0 Å². The van der Waals surface area contributed by atoms with Gasteiger partial charge in [-0.25, -0.2) is 8.78 Å². The van der Waals surface area contributed by atoms with Crippen LogP contribution in [0.3, 0.4) is 0 Å². The van der Waals surface area contributed by atoms with Gasteiger partial charge < -0.3 is 9.84 Å². The number of rotatable bonds is 4. The minimum absolute atomic E-state index is 0.230. The topological polar surface area (TPSA) is 54.2 Å². The molecule has 2 heterocycles. The minimum Gasteiger partial charge on any atom is -0.351 e. The molecule has 1 atom stereocenters. The molecule has 1 aliphatic rings. The maximum Gasteiger partial charge on any atom is 0.258 e. The summed E-state index contributed by atoms with van der Waals surface area (Å²) in [5.74, 6) is -0.278. The maximum atomic E-state index is 13.7. The molecule has 0 amide bonds. The third kappa shape index (κ3) is 4.18. The van der Waals surface area contributed by atoms with Crippen LogP contribution in [0.5, 0.6) is 0 Å². The molecule has 1 N–H and O–H groups in total. The van der Waals surface area contributed by atoms with Crippen molar-refractivity contribution >= 4 is 40.2 Å². The van der Waals surface area contributed by atoms with Crippen molar-refractivity contribution in [3.05, 3.63) is 107 Å². The van der Waals surface area contributed by atoms with Crippen LogP contribution in [-0.4, -0.2) is 15.3 Å². The lowest BCUT2D eigenvalue weighted by molar-refractivity contribution is 0.404. The zero-order valence-electron chi connectivity index (χ0n) is 17.8. The Bertz CT molecular complexity index is 1420. The molecule has 170 valence electrons. The Balaban J connectivity index is 1.66. The number of allylic oxidation sites excluding steroid dienone is 1. The summed E-state index contributed by atoms with van der Waals surface area (Å²) in [5, 5.41) is 8.36. The van der Waals surface area contributed by atoms with Gasteiger partial charge in [0.25, 0.3) is 5.89 Å². The van der Waals surface area contributed by atoms with Gasteiger partial charge in [-0.2, -0.15) is 4.98 Å². The molecule has 5 rings (SSSR count). The van der Waals surface area contributed by atoms with Crippen molar-refractivity contribution in [2.45, 2.75) is 13.0 Å². The second kappa shape index (κ2) is 8.96. The van der Waals surface area contributed by atoms with E-state index in [9.17, 15) is 8.78 Å². The van der Waals surface area contributed by atoms with Crippen LogP contribution in [-0.2, 0) is 0 Å². The standard InChI is InChI=1S/C25H17ClF2N4OS/c1-14-21(24-30-23(31-33-24)16-4-2-6-19(28)12-16)22(15-8-10-18(27)11-9-15)29-25(34)32(14)20-7-3-5-17(26)13-20/h2-13,22H,1H3,(H,29,34). The van der Waals surface area contributed by atoms with Crippen LogP contribution in [0.4, 0.5) is 14.5 Å². The lowest BCUT2D eigenvalue weighted by Crippen LogP contribution is -2.46. The van der Waals surface area contributed by atoms with Crippen molar-refractivity contribution in [3.8, 4) is 11.4 Å². The van der Waals surface area contributed by atoms with Gasteiger partial charge in [0.15, 0.2) is 5.11 Å². The average molecular weight is 495 g/mol. The summed E-state index contributed by atoms with van der Waals surface area (Å²) in [6, 6.07) is 18.8. The zero-order valence-corrected chi connectivity index (χ0v) is 19.4. The Kier molecular flexibility index (Phi) is 5.85. The molecule has 0 saturated carbocycles. The molecule has 0 bridgehead atoms. The number of nitrogens with one attached hydrogen (secondary N) is 1. The van der Waals surface area contributed by atoms with E-state index in [0.717, 1.165) is 16.9 Å². The predicted molar refractivity (Wildman–Crippen MR) is 131 cm³/mol. The van der Waals surface area contributed by atoms with Gasteiger partial charge in [-0.05, 0) is 67.2 Å². The van der Waals surface area contributed by atoms with E-state index in [1.54, 1.807) is 36.4 Å². The van der Waals surface area contributed by atoms with Gasteiger partial charge in [0.05, 0.1) is 11.6 Å². The van der Waals surface area contributed by atoms with Crippen LogP contribution in [0.25, 0.3) is 17.0 Å². The first-order valence-corrected chi connectivity index (χ1v) is 11.1. The maximum absolute atomic E-state index is 13.7. The van der Waals surface area contributed by atoms with Crippen molar-refractivity contribution in [3.63, 3.8) is 0 Å². The zero-order chi connectivity index (χ0) is 23.8. The number of benzene rings is 3. The van der Waals surface area contributed by atoms with E-state index < -0.39 is 11.9 Å². The summed E-state index contributed by atoms with van der Waals surface area (Å²) in [6.45, 7) is 1.88. The summed E-state index contributed by atoms with van der Waals surface area (Å²) in [6.07, 6.45) is 0. The van der Waals surface area contributed by atoms with Crippen LogP contribution in [0.15, 0.2) is 83.0 Å². The van der Waals surface area contributed by atoms with Gasteiger partial charge in [0.1, 0.15) is 11.6 Å². The quantitative estimate of drug-likeness (QED) is 0.325. The number of halogens is 3. The van der Waals surface area contributed by atoms with Crippen molar-refractivity contribution in [2.24, 2.45) is 0 Å². The van der Waals surface area contributed by atoms with Gasteiger partial charge in [-0.3, -0.25) is 4.90 Å². The Morgan fingerprint density at radius 2 is 1.76 bits per heavy atom. The normalized spacial score (nSPS) is 16.1. The number of hydrogen-bond acceptors (Lipinski definition) is 4. The number of nitrogens with zero attached hydrogens (tertiary/aromatic N) is 3. The van der Waals surface area contributed by atoms with E-state index >= 15 is 0 Å². The first-order valence-electron chi connectivity index (χ1n) is 10.3. The molecule has 9 heteroatoms. The van der Waals surface area contributed by atoms with Crippen LogP contribution in [0.1, 0.15) is 24.4 Å². The summed E-state index contributed by atoms with van der Waals surface area (Å²) in [5.41, 5.74) is 3.37. The summed E-state index contributed by atoms with van der Waals surface area (Å²) in [4.78, 5) is 6.37. The molecule has 0 saturated heterocycles. The highest BCUT2D eigenvalue weighted by atomic mass is 35.5. The van der Waals surface area contributed by atoms with Crippen molar-refractivity contribution in [1.82, 2.24) is 15.5 Å². The van der Waals surface area contributed by atoms with Crippen molar-refractivity contribution < 1.29 is 13.3 Å². The molecule has 1 aromatic heterocycles. The third-order valence-electron chi connectivity index (χ3n) is 5.49. The van der Waals surface area contributed by atoms with E-state index in [1.165, 1.54) is 24.3 Å². The van der Waals surface area contributed by atoms with Crippen LogP contribution in [0, 0.1) is 11.6 Å². The van der Waals surface area contributed by atoms with Gasteiger partial charge in [0, 0.05) is 22.0 Å². The second-order valence-corrected chi connectivity index (χ2v) is 8.51. The molecule has 5 nitrogen and oxygen atoms in total. The fourth-order valence-corrected chi connectivity index (χ4v) is 4.47. The molecular weight excluding hydrogens is 478 g/mol. The molecular formula is C25H17ClF2N4OS. The SMILES string of the molecule is CC1=C(c2nc(-c3cccc(F)c3)no2)C(c2ccc(F)cc2)NC(=S)N1c1cccc(Cl)c1. The molecule has 0 spiro atoms. The fraction of sp³-hybridized carbons (Fsp3) is 0.0800. The number of anilines is 1. The van der Waals surface area contributed by atoms with Gasteiger partial charge >= 0.3 is 0 Å². The molecule has 0 radical (unpaired) electrons. The first kappa shape index (κ1) is 22.2. The smallest absolute Gasteiger partial charge is 0.258 e. The predicted octanol–water partition coefficient (Wildman–Crippen LogP) is 6.54. The highest BCUT2D eigenvalue weighted by molar-refractivity contribution is 7.80. The summed E-state index contributed by atoms with van der Waals surface area (Å²) >= 11 is 11.9. The lowest BCUT2D eigenvalue weighted by Gasteiger charge is -2.37.